The Bertz CT molecular complexity index is 730. The Kier molecular flexibility index (Phi) is 2.02. The van der Waals surface area contributed by atoms with Crippen molar-refractivity contribution in [2.24, 2.45) is 0 Å². The number of nitrogens with zero attached hydrogens (tertiary/aromatic N) is 2. The number of rotatable bonds is 1. The van der Waals surface area contributed by atoms with Gasteiger partial charge in [0.15, 0.2) is 10.8 Å². The molecule has 3 N–H and O–H groups in total. The molecule has 0 atom stereocenters. The number of carbonyl (C=O) groups is 1. The highest BCUT2D eigenvalue weighted by Gasteiger charge is 2.16. The Morgan fingerprint density at radius 3 is 3.06 bits per heavy atom. The van der Waals surface area contributed by atoms with Crippen molar-refractivity contribution in [2.45, 2.75) is 0 Å². The first-order valence-electron chi connectivity index (χ1n) is 4.82. The number of methoxy groups -OCH3 is 1. The van der Waals surface area contributed by atoms with Crippen LogP contribution in [0.25, 0.3) is 21.1 Å². The first-order valence-corrected chi connectivity index (χ1v) is 5.64. The maximum absolute atomic E-state index is 11.5. The molecule has 3 rings (SSSR count). The van der Waals surface area contributed by atoms with Gasteiger partial charge in [-0.2, -0.15) is 5.10 Å². The van der Waals surface area contributed by atoms with Crippen LogP contribution in [-0.4, -0.2) is 28.3 Å². The maximum atomic E-state index is 11.5. The monoisotopic (exact) mass is 248 g/mol. The number of fused-ring (bicyclic) bond motifs is 3. The van der Waals surface area contributed by atoms with Gasteiger partial charge in [0, 0.05) is 5.39 Å². The SMILES string of the molecule is COC(=O)c1[nH]nc2c1ccc1sc(N)nc12. The van der Waals surface area contributed by atoms with E-state index in [0.717, 1.165) is 4.70 Å². The summed E-state index contributed by atoms with van der Waals surface area (Å²) in [6.07, 6.45) is 0. The number of ether oxygens (including phenoxy) is 1. The molecular formula is C10H8N4O2S. The summed E-state index contributed by atoms with van der Waals surface area (Å²) >= 11 is 1.39. The van der Waals surface area contributed by atoms with Crippen molar-refractivity contribution in [1.29, 1.82) is 0 Å². The van der Waals surface area contributed by atoms with E-state index in [0.29, 0.717) is 27.2 Å². The summed E-state index contributed by atoms with van der Waals surface area (Å²) in [4.78, 5) is 15.7. The zero-order chi connectivity index (χ0) is 12.0. The number of hydrogen-bond donors (Lipinski definition) is 2. The van der Waals surface area contributed by atoms with E-state index in [1.165, 1.54) is 18.4 Å². The molecule has 0 unspecified atom stereocenters. The highest BCUT2D eigenvalue weighted by Crippen LogP contribution is 2.30. The van der Waals surface area contributed by atoms with Gasteiger partial charge in [0.25, 0.3) is 0 Å². The number of esters is 1. The largest absolute Gasteiger partial charge is 0.464 e. The van der Waals surface area contributed by atoms with Gasteiger partial charge < -0.3 is 10.5 Å². The van der Waals surface area contributed by atoms with Crippen LogP contribution in [0.1, 0.15) is 10.5 Å². The van der Waals surface area contributed by atoms with E-state index in [9.17, 15) is 4.79 Å². The van der Waals surface area contributed by atoms with Gasteiger partial charge in [-0.1, -0.05) is 11.3 Å². The Balaban J connectivity index is 2.38. The summed E-state index contributed by atoms with van der Waals surface area (Å²) in [6, 6.07) is 3.68. The number of nitrogens with one attached hydrogen (secondary N) is 1. The highest BCUT2D eigenvalue weighted by atomic mass is 32.1. The molecular weight excluding hydrogens is 240 g/mol. The zero-order valence-corrected chi connectivity index (χ0v) is 9.67. The number of aromatic nitrogens is 3. The van der Waals surface area contributed by atoms with Crippen molar-refractivity contribution >= 4 is 43.6 Å². The molecule has 0 aliphatic rings. The third kappa shape index (κ3) is 1.36. The fourth-order valence-corrected chi connectivity index (χ4v) is 2.48. The van der Waals surface area contributed by atoms with E-state index < -0.39 is 5.97 Å². The molecule has 6 nitrogen and oxygen atoms in total. The van der Waals surface area contributed by atoms with Crippen LogP contribution >= 0.6 is 11.3 Å². The molecule has 0 saturated heterocycles. The number of nitrogens with two attached hydrogens (primary N) is 1. The first kappa shape index (κ1) is 10.0. The third-order valence-corrected chi connectivity index (χ3v) is 3.34. The molecule has 0 saturated carbocycles. The number of hydrogen-bond acceptors (Lipinski definition) is 6. The van der Waals surface area contributed by atoms with Crippen LogP contribution in [-0.2, 0) is 4.74 Å². The van der Waals surface area contributed by atoms with Crippen LogP contribution < -0.4 is 5.73 Å². The van der Waals surface area contributed by atoms with E-state index in [-0.39, 0.29) is 0 Å². The lowest BCUT2D eigenvalue weighted by Gasteiger charge is -1.95. The molecule has 3 aromatic rings. The minimum absolute atomic E-state index is 0.330. The highest BCUT2D eigenvalue weighted by molar-refractivity contribution is 7.22. The quantitative estimate of drug-likeness (QED) is 0.637. The average Bonchev–Trinajstić information content (AvgIpc) is 2.89. The van der Waals surface area contributed by atoms with Gasteiger partial charge in [-0.05, 0) is 12.1 Å². The second kappa shape index (κ2) is 3.42. The van der Waals surface area contributed by atoms with Crippen molar-refractivity contribution in [1.82, 2.24) is 15.2 Å². The second-order valence-corrected chi connectivity index (χ2v) is 4.51. The van der Waals surface area contributed by atoms with Gasteiger partial charge in [0.05, 0.1) is 11.8 Å². The predicted octanol–water partition coefficient (Wildman–Crippen LogP) is 1.54. The van der Waals surface area contributed by atoms with Crippen molar-refractivity contribution in [3.8, 4) is 0 Å². The minimum Gasteiger partial charge on any atom is -0.464 e. The first-order chi connectivity index (χ1) is 8.20. The second-order valence-electron chi connectivity index (χ2n) is 3.45. The number of H-pyrrole nitrogens is 1. The Morgan fingerprint density at radius 2 is 2.29 bits per heavy atom. The molecule has 2 heterocycles. The molecule has 0 aliphatic carbocycles. The smallest absolute Gasteiger partial charge is 0.356 e. The zero-order valence-electron chi connectivity index (χ0n) is 8.85. The molecule has 0 fully saturated rings. The van der Waals surface area contributed by atoms with Gasteiger partial charge in [-0.25, -0.2) is 9.78 Å². The molecule has 0 aliphatic heterocycles. The summed E-state index contributed by atoms with van der Waals surface area (Å²) in [5.41, 5.74) is 7.32. The molecule has 0 spiro atoms. The summed E-state index contributed by atoms with van der Waals surface area (Å²) in [5, 5.41) is 7.93. The fraction of sp³-hybridized carbons (Fsp3) is 0.100. The summed E-state index contributed by atoms with van der Waals surface area (Å²) in [6.45, 7) is 0. The lowest BCUT2D eigenvalue weighted by molar-refractivity contribution is 0.0596. The van der Waals surface area contributed by atoms with Gasteiger partial charge >= 0.3 is 5.97 Å². The van der Waals surface area contributed by atoms with E-state index in [1.807, 2.05) is 12.1 Å². The fourth-order valence-electron chi connectivity index (χ4n) is 1.74. The summed E-state index contributed by atoms with van der Waals surface area (Å²) in [5.74, 6) is -0.449. The minimum atomic E-state index is -0.449. The van der Waals surface area contributed by atoms with Crippen molar-refractivity contribution in [2.75, 3.05) is 12.8 Å². The van der Waals surface area contributed by atoms with Crippen LogP contribution in [0.4, 0.5) is 5.13 Å². The topological polar surface area (TPSA) is 93.9 Å². The summed E-state index contributed by atoms with van der Waals surface area (Å²) in [7, 11) is 1.33. The average molecular weight is 248 g/mol. The molecule has 0 bridgehead atoms. The molecule has 0 radical (unpaired) electrons. The molecule has 17 heavy (non-hydrogen) atoms. The van der Waals surface area contributed by atoms with Crippen LogP contribution in [0.5, 0.6) is 0 Å². The van der Waals surface area contributed by atoms with Crippen LogP contribution in [0, 0.1) is 0 Å². The number of thiazole rings is 1. The van der Waals surface area contributed by atoms with Gasteiger partial charge in [0.1, 0.15) is 11.0 Å². The maximum Gasteiger partial charge on any atom is 0.356 e. The van der Waals surface area contributed by atoms with E-state index in [4.69, 9.17) is 5.73 Å². The lowest BCUT2D eigenvalue weighted by atomic mass is 10.2. The van der Waals surface area contributed by atoms with E-state index in [2.05, 4.69) is 19.9 Å². The molecule has 86 valence electrons. The van der Waals surface area contributed by atoms with Gasteiger partial charge in [-0.3, -0.25) is 5.10 Å². The number of aromatic amines is 1. The number of anilines is 1. The van der Waals surface area contributed by atoms with E-state index >= 15 is 0 Å². The number of nitrogen functional groups attached to an aromatic ring is 1. The summed E-state index contributed by atoms with van der Waals surface area (Å²) < 4.78 is 5.61. The van der Waals surface area contributed by atoms with Crippen molar-refractivity contribution < 1.29 is 9.53 Å². The lowest BCUT2D eigenvalue weighted by Crippen LogP contribution is -2.01. The van der Waals surface area contributed by atoms with Gasteiger partial charge in [-0.15, -0.1) is 0 Å². The van der Waals surface area contributed by atoms with Crippen LogP contribution in [0.15, 0.2) is 12.1 Å². The predicted molar refractivity (Wildman–Crippen MR) is 65.0 cm³/mol. The number of carbonyl (C=O) groups excluding carboxylic acids is 1. The molecule has 0 amide bonds. The van der Waals surface area contributed by atoms with Crippen LogP contribution in [0.3, 0.4) is 0 Å². The third-order valence-electron chi connectivity index (χ3n) is 2.49. The van der Waals surface area contributed by atoms with E-state index in [1.54, 1.807) is 0 Å². The molecule has 7 heteroatoms. The Morgan fingerprint density at radius 1 is 1.47 bits per heavy atom. The normalized spacial score (nSPS) is 11.1. The Labute approximate surface area is 99.4 Å². The molecule has 1 aromatic carbocycles. The number of benzene rings is 1. The van der Waals surface area contributed by atoms with Gasteiger partial charge in [0.2, 0.25) is 0 Å². The van der Waals surface area contributed by atoms with Crippen molar-refractivity contribution in [3.05, 3.63) is 17.8 Å². The molecule has 2 aromatic heterocycles. The standard InChI is InChI=1S/C10H8N4O2S/c1-16-9(15)7-4-2-3-5-8(6(4)13-14-7)12-10(11)17-5/h2-3H,1H3,(H2,11,12)(H,13,14). The van der Waals surface area contributed by atoms with Crippen molar-refractivity contribution in [3.63, 3.8) is 0 Å². The Hall–Kier alpha value is -2.15. The van der Waals surface area contributed by atoms with Crippen LogP contribution in [0.2, 0.25) is 0 Å².